The fraction of sp³-hybridized carbons (Fsp3) is 0.455. The molecule has 1 atom stereocenters. The maximum atomic E-state index is 9.67. The summed E-state index contributed by atoms with van der Waals surface area (Å²) >= 11 is 0. The van der Waals surface area contributed by atoms with Gasteiger partial charge in [-0.2, -0.15) is 0 Å². The van der Waals surface area contributed by atoms with Crippen LogP contribution in [-0.4, -0.2) is 27.7 Å². The Morgan fingerprint density at radius 1 is 1.22 bits per heavy atom. The molecule has 0 bridgehead atoms. The molecule has 102 valence electrons. The highest BCUT2D eigenvalue weighted by molar-refractivity contribution is 6.52. The molecule has 0 heterocycles. The van der Waals surface area contributed by atoms with E-state index < -0.39 is 24.2 Å². The SMILES string of the molecule is CCC(O[Si](O)(O)OO[SiH](C)C)c1ccccc1. The van der Waals surface area contributed by atoms with Gasteiger partial charge in [-0.3, -0.25) is 4.58 Å². The zero-order valence-electron chi connectivity index (χ0n) is 10.9. The summed E-state index contributed by atoms with van der Waals surface area (Å²) in [7, 11) is -5.71. The van der Waals surface area contributed by atoms with E-state index in [1.807, 2.05) is 50.3 Å². The Kier molecular flexibility index (Phi) is 6.16. The summed E-state index contributed by atoms with van der Waals surface area (Å²) < 4.78 is 14.7. The topological polar surface area (TPSA) is 68.2 Å². The largest absolute Gasteiger partial charge is 0.701 e. The smallest absolute Gasteiger partial charge is 0.366 e. The van der Waals surface area contributed by atoms with Gasteiger partial charge in [-0.15, -0.1) is 0 Å². The molecule has 0 fully saturated rings. The minimum absolute atomic E-state index is 0.412. The summed E-state index contributed by atoms with van der Waals surface area (Å²) in [5.41, 5.74) is 0.880. The van der Waals surface area contributed by atoms with E-state index >= 15 is 0 Å². The quantitative estimate of drug-likeness (QED) is 0.452. The summed E-state index contributed by atoms with van der Waals surface area (Å²) in [4.78, 5) is 19.3. The molecule has 0 radical (unpaired) electrons. The first kappa shape index (κ1) is 15.5. The van der Waals surface area contributed by atoms with Gasteiger partial charge in [-0.1, -0.05) is 37.3 Å². The lowest BCUT2D eigenvalue weighted by molar-refractivity contribution is -0.196. The second kappa shape index (κ2) is 7.14. The maximum Gasteiger partial charge on any atom is 0.701 e. The Morgan fingerprint density at radius 2 is 1.83 bits per heavy atom. The average molecular weight is 288 g/mol. The molecule has 18 heavy (non-hydrogen) atoms. The molecule has 0 saturated carbocycles. The molecule has 0 aliphatic rings. The van der Waals surface area contributed by atoms with Gasteiger partial charge >= 0.3 is 9.05 Å². The second-order valence-electron chi connectivity index (χ2n) is 4.20. The monoisotopic (exact) mass is 288 g/mol. The Balaban J connectivity index is 2.62. The van der Waals surface area contributed by atoms with Gasteiger partial charge in [0.05, 0.1) is 6.10 Å². The van der Waals surface area contributed by atoms with Gasteiger partial charge in [-0.05, 0) is 25.1 Å². The summed E-state index contributed by atoms with van der Waals surface area (Å²) in [5, 5.41) is 0. The van der Waals surface area contributed by atoms with Crippen LogP contribution in [0, 0.1) is 0 Å². The molecule has 0 aliphatic carbocycles. The standard InChI is InChI=1S/C11H20O5Si2/c1-4-11(10-8-6-5-7-9-10)14-18(12,13)16-15-17(2)3/h5-9,11-13,17H,4H2,1-3H3. The molecule has 2 N–H and O–H groups in total. The predicted octanol–water partition coefficient (Wildman–Crippen LogP) is 1.51. The van der Waals surface area contributed by atoms with Crippen molar-refractivity contribution in [1.29, 1.82) is 0 Å². The Bertz CT molecular complexity index is 345. The summed E-state index contributed by atoms with van der Waals surface area (Å²) in [6.45, 7) is 5.62. The zero-order valence-corrected chi connectivity index (χ0v) is 13.0. The van der Waals surface area contributed by atoms with Crippen LogP contribution >= 0.6 is 0 Å². The maximum absolute atomic E-state index is 9.67. The molecule has 0 aliphatic heterocycles. The van der Waals surface area contributed by atoms with Crippen LogP contribution in [0.1, 0.15) is 25.0 Å². The summed E-state index contributed by atoms with van der Waals surface area (Å²) in [6.07, 6.45) is 0.202. The van der Waals surface area contributed by atoms with Gasteiger partial charge < -0.3 is 14.0 Å². The van der Waals surface area contributed by atoms with E-state index in [0.29, 0.717) is 6.42 Å². The van der Waals surface area contributed by atoms with Crippen LogP contribution in [0.4, 0.5) is 0 Å². The van der Waals surface area contributed by atoms with Crippen molar-refractivity contribution in [1.82, 2.24) is 0 Å². The zero-order chi connectivity index (χ0) is 13.6. The van der Waals surface area contributed by atoms with Crippen LogP contribution in [0.2, 0.25) is 13.1 Å². The highest BCUT2D eigenvalue weighted by atomic mass is 28.4. The third kappa shape index (κ3) is 5.40. The minimum Gasteiger partial charge on any atom is -0.366 e. The van der Waals surface area contributed by atoms with E-state index in [1.165, 1.54) is 0 Å². The number of hydrogen-bond acceptors (Lipinski definition) is 5. The molecule has 1 rings (SSSR count). The fourth-order valence-electron chi connectivity index (χ4n) is 1.42. The van der Waals surface area contributed by atoms with Gasteiger partial charge in [0.15, 0.2) is 0 Å². The highest BCUT2D eigenvalue weighted by Crippen LogP contribution is 2.23. The average Bonchev–Trinajstić information content (AvgIpc) is 2.35. The third-order valence-electron chi connectivity index (χ3n) is 2.19. The van der Waals surface area contributed by atoms with Crippen molar-refractivity contribution in [3.8, 4) is 0 Å². The Labute approximate surface area is 110 Å². The fourth-order valence-corrected chi connectivity index (χ4v) is 3.40. The lowest BCUT2D eigenvalue weighted by Gasteiger charge is -2.23. The van der Waals surface area contributed by atoms with Crippen molar-refractivity contribution in [2.24, 2.45) is 0 Å². The molecule has 1 aromatic rings. The third-order valence-corrected chi connectivity index (χ3v) is 3.77. The van der Waals surface area contributed by atoms with Crippen molar-refractivity contribution >= 4 is 18.1 Å². The Morgan fingerprint density at radius 3 is 2.33 bits per heavy atom. The minimum atomic E-state index is -4.22. The number of benzene rings is 1. The lowest BCUT2D eigenvalue weighted by atomic mass is 10.1. The molecular weight excluding hydrogens is 268 g/mol. The summed E-state index contributed by atoms with van der Waals surface area (Å²) in [6, 6.07) is 9.38. The first-order valence-electron chi connectivity index (χ1n) is 5.96. The van der Waals surface area contributed by atoms with Crippen LogP contribution in [-0.2, 0) is 13.6 Å². The second-order valence-corrected chi connectivity index (χ2v) is 7.99. The van der Waals surface area contributed by atoms with Crippen molar-refractivity contribution in [3.63, 3.8) is 0 Å². The molecule has 0 amide bonds. The van der Waals surface area contributed by atoms with E-state index in [-0.39, 0.29) is 0 Å². The van der Waals surface area contributed by atoms with Crippen LogP contribution in [0.25, 0.3) is 0 Å². The van der Waals surface area contributed by atoms with Crippen molar-refractivity contribution < 1.29 is 23.2 Å². The van der Waals surface area contributed by atoms with E-state index in [4.69, 9.17) is 9.00 Å². The molecule has 0 saturated heterocycles. The van der Waals surface area contributed by atoms with Crippen LogP contribution in [0.5, 0.6) is 0 Å². The predicted molar refractivity (Wildman–Crippen MR) is 71.8 cm³/mol. The molecule has 7 heteroatoms. The summed E-state index contributed by atoms with van der Waals surface area (Å²) in [5.74, 6) is 0. The first-order valence-corrected chi connectivity index (χ1v) is 10.5. The lowest BCUT2D eigenvalue weighted by Crippen LogP contribution is -2.44. The van der Waals surface area contributed by atoms with Crippen LogP contribution < -0.4 is 0 Å². The van der Waals surface area contributed by atoms with Crippen molar-refractivity contribution in [3.05, 3.63) is 35.9 Å². The van der Waals surface area contributed by atoms with E-state index in [1.54, 1.807) is 0 Å². The van der Waals surface area contributed by atoms with Crippen molar-refractivity contribution in [2.75, 3.05) is 0 Å². The highest BCUT2D eigenvalue weighted by Gasteiger charge is 2.41. The van der Waals surface area contributed by atoms with E-state index in [0.717, 1.165) is 5.56 Å². The molecular formula is C11H20O5Si2. The van der Waals surface area contributed by atoms with Gasteiger partial charge in [-0.25, -0.2) is 4.58 Å². The van der Waals surface area contributed by atoms with Gasteiger partial charge in [0.2, 0.25) is 9.04 Å². The van der Waals surface area contributed by atoms with Crippen molar-refractivity contribution in [2.45, 2.75) is 32.5 Å². The number of rotatable bonds is 7. The number of hydrogen-bond donors (Lipinski definition) is 2. The van der Waals surface area contributed by atoms with Crippen LogP contribution in [0.15, 0.2) is 30.3 Å². The molecule has 5 nitrogen and oxygen atoms in total. The molecule has 0 aromatic heterocycles. The first-order chi connectivity index (χ1) is 8.44. The van der Waals surface area contributed by atoms with E-state index in [9.17, 15) is 9.59 Å². The normalized spacial score (nSPS) is 13.9. The van der Waals surface area contributed by atoms with E-state index in [2.05, 4.69) is 4.58 Å². The van der Waals surface area contributed by atoms with Gasteiger partial charge in [0.1, 0.15) is 0 Å². The molecule has 0 spiro atoms. The van der Waals surface area contributed by atoms with Gasteiger partial charge in [0.25, 0.3) is 0 Å². The molecule has 1 unspecified atom stereocenters. The molecule has 1 aromatic carbocycles. The van der Waals surface area contributed by atoms with Gasteiger partial charge in [0, 0.05) is 0 Å². The van der Waals surface area contributed by atoms with Crippen LogP contribution in [0.3, 0.4) is 0 Å². The Hall–Kier alpha value is -0.546.